The van der Waals surface area contributed by atoms with Gasteiger partial charge in [0.25, 0.3) is 0 Å². The summed E-state index contributed by atoms with van der Waals surface area (Å²) in [7, 11) is -0.861. The van der Waals surface area contributed by atoms with Gasteiger partial charge in [0.05, 0.1) is 24.7 Å². The highest BCUT2D eigenvalue weighted by Crippen LogP contribution is 2.27. The van der Waals surface area contributed by atoms with E-state index >= 15 is 0 Å². The number of sulfonamides is 1. The fourth-order valence-electron chi connectivity index (χ4n) is 2.54. The predicted octanol–water partition coefficient (Wildman–Crippen LogP) is 1.04. The summed E-state index contributed by atoms with van der Waals surface area (Å²) in [5.41, 5.74) is -0.661. The molecule has 0 bridgehead atoms. The third kappa shape index (κ3) is 3.94. The maximum absolute atomic E-state index is 12.7. The lowest BCUT2D eigenvalue weighted by Gasteiger charge is -2.39. The molecular formula is C15H22N2O5S. The maximum atomic E-state index is 12.7. The Morgan fingerprint density at radius 2 is 1.74 bits per heavy atom. The van der Waals surface area contributed by atoms with Crippen molar-refractivity contribution in [3.8, 4) is 11.5 Å². The number of methoxy groups -OCH3 is 2. The fraction of sp³-hybridized carbons (Fsp3) is 0.533. The molecule has 1 unspecified atom stereocenters. The van der Waals surface area contributed by atoms with Gasteiger partial charge in [-0.25, -0.2) is 13.1 Å². The van der Waals surface area contributed by atoms with Gasteiger partial charge in [0.1, 0.15) is 11.5 Å². The number of ether oxygens (including phenoxy) is 2. The summed E-state index contributed by atoms with van der Waals surface area (Å²) >= 11 is 0. The van der Waals surface area contributed by atoms with E-state index in [-0.39, 0.29) is 17.2 Å². The standard InChI is InChI=1S/C15H22N2O5S/c1-15(2)13(5-6-14(18)16-15)17-23(19,20)12-8-10(21-3)7-11(9-12)22-4/h7-9,13,17H,5-6H2,1-4H3,(H,16,18). The Morgan fingerprint density at radius 1 is 1.17 bits per heavy atom. The van der Waals surface area contributed by atoms with Crippen LogP contribution < -0.4 is 19.5 Å². The van der Waals surface area contributed by atoms with Gasteiger partial charge < -0.3 is 14.8 Å². The third-order valence-electron chi connectivity index (χ3n) is 3.93. The normalized spacial score (nSPS) is 20.7. The number of rotatable bonds is 5. The van der Waals surface area contributed by atoms with E-state index in [1.54, 1.807) is 19.9 Å². The van der Waals surface area contributed by atoms with Crippen LogP contribution in [0.3, 0.4) is 0 Å². The summed E-state index contributed by atoms with van der Waals surface area (Å²) in [5, 5.41) is 2.81. The summed E-state index contributed by atoms with van der Waals surface area (Å²) in [6.45, 7) is 3.59. The first-order valence-electron chi connectivity index (χ1n) is 7.24. The molecule has 0 aliphatic carbocycles. The van der Waals surface area contributed by atoms with Crippen molar-refractivity contribution in [1.82, 2.24) is 10.0 Å². The molecule has 0 aromatic heterocycles. The first kappa shape index (κ1) is 17.6. The zero-order chi connectivity index (χ0) is 17.3. The molecule has 1 saturated heterocycles. The van der Waals surface area contributed by atoms with Crippen LogP contribution in [0.15, 0.2) is 23.1 Å². The number of hydrogen-bond acceptors (Lipinski definition) is 5. The Kier molecular flexibility index (Phi) is 4.86. The van der Waals surface area contributed by atoms with E-state index in [0.29, 0.717) is 17.9 Å². The lowest BCUT2D eigenvalue weighted by molar-refractivity contribution is -0.125. The molecule has 8 heteroatoms. The van der Waals surface area contributed by atoms with E-state index < -0.39 is 21.6 Å². The van der Waals surface area contributed by atoms with Crippen LogP contribution in [0.1, 0.15) is 26.7 Å². The second-order valence-electron chi connectivity index (χ2n) is 6.03. The number of hydrogen-bond donors (Lipinski definition) is 2. The van der Waals surface area contributed by atoms with Crippen molar-refractivity contribution in [3.05, 3.63) is 18.2 Å². The molecule has 23 heavy (non-hydrogen) atoms. The first-order valence-corrected chi connectivity index (χ1v) is 8.72. The minimum absolute atomic E-state index is 0.0569. The van der Waals surface area contributed by atoms with E-state index in [1.165, 1.54) is 26.4 Å². The van der Waals surface area contributed by atoms with Gasteiger partial charge in [0, 0.05) is 30.7 Å². The molecule has 0 radical (unpaired) electrons. The number of nitrogens with one attached hydrogen (secondary N) is 2. The topological polar surface area (TPSA) is 93.7 Å². The Labute approximate surface area is 136 Å². The molecule has 1 aliphatic heterocycles. The zero-order valence-electron chi connectivity index (χ0n) is 13.7. The minimum atomic E-state index is -3.77. The second kappa shape index (κ2) is 6.37. The Hall–Kier alpha value is -1.80. The smallest absolute Gasteiger partial charge is 0.241 e. The van der Waals surface area contributed by atoms with Gasteiger partial charge in [0.2, 0.25) is 15.9 Å². The molecule has 1 aromatic carbocycles. The molecule has 1 aliphatic rings. The highest BCUT2D eigenvalue weighted by Gasteiger charge is 2.38. The first-order chi connectivity index (χ1) is 10.7. The largest absolute Gasteiger partial charge is 0.497 e. The molecule has 2 N–H and O–H groups in total. The SMILES string of the molecule is COc1cc(OC)cc(S(=O)(=O)NC2CCC(=O)NC2(C)C)c1. The lowest BCUT2D eigenvalue weighted by Crippen LogP contribution is -2.61. The van der Waals surface area contributed by atoms with Gasteiger partial charge in [0.15, 0.2) is 0 Å². The van der Waals surface area contributed by atoms with Crippen LogP contribution in [0.2, 0.25) is 0 Å². The molecule has 1 aromatic rings. The summed E-state index contributed by atoms with van der Waals surface area (Å²) in [6, 6.07) is 4.06. The highest BCUT2D eigenvalue weighted by molar-refractivity contribution is 7.89. The molecule has 1 fully saturated rings. The quantitative estimate of drug-likeness (QED) is 0.834. The zero-order valence-corrected chi connectivity index (χ0v) is 14.5. The fourth-order valence-corrected chi connectivity index (χ4v) is 4.01. The summed E-state index contributed by atoms with van der Waals surface area (Å²) < 4.78 is 38.2. The van der Waals surface area contributed by atoms with Crippen LogP contribution in [0.25, 0.3) is 0 Å². The molecule has 1 heterocycles. The maximum Gasteiger partial charge on any atom is 0.241 e. The number of carbonyl (C=O) groups is 1. The van der Waals surface area contributed by atoms with Crippen molar-refractivity contribution < 1.29 is 22.7 Å². The Morgan fingerprint density at radius 3 is 2.22 bits per heavy atom. The van der Waals surface area contributed by atoms with Crippen molar-refractivity contribution in [3.63, 3.8) is 0 Å². The summed E-state index contributed by atoms with van der Waals surface area (Å²) in [4.78, 5) is 11.6. The monoisotopic (exact) mass is 342 g/mol. The van der Waals surface area contributed by atoms with E-state index in [9.17, 15) is 13.2 Å². The Balaban J connectivity index is 2.30. The molecule has 1 amide bonds. The van der Waals surface area contributed by atoms with E-state index in [4.69, 9.17) is 9.47 Å². The van der Waals surface area contributed by atoms with Crippen molar-refractivity contribution in [2.75, 3.05) is 14.2 Å². The average Bonchev–Trinajstić information content (AvgIpc) is 2.49. The van der Waals surface area contributed by atoms with Gasteiger partial charge in [-0.2, -0.15) is 0 Å². The molecule has 0 spiro atoms. The van der Waals surface area contributed by atoms with Gasteiger partial charge in [-0.15, -0.1) is 0 Å². The van der Waals surface area contributed by atoms with Crippen LogP contribution in [-0.2, 0) is 14.8 Å². The van der Waals surface area contributed by atoms with E-state index in [0.717, 1.165) is 0 Å². The molecule has 7 nitrogen and oxygen atoms in total. The molecule has 0 saturated carbocycles. The van der Waals surface area contributed by atoms with Crippen LogP contribution in [-0.4, -0.2) is 40.1 Å². The van der Waals surface area contributed by atoms with E-state index in [1.807, 2.05) is 0 Å². The molecule has 2 rings (SSSR count). The summed E-state index contributed by atoms with van der Waals surface area (Å²) in [5.74, 6) is 0.704. The minimum Gasteiger partial charge on any atom is -0.497 e. The van der Waals surface area contributed by atoms with Crippen molar-refractivity contribution in [2.45, 2.75) is 43.2 Å². The van der Waals surface area contributed by atoms with Crippen molar-refractivity contribution >= 4 is 15.9 Å². The van der Waals surface area contributed by atoms with E-state index in [2.05, 4.69) is 10.0 Å². The highest BCUT2D eigenvalue weighted by atomic mass is 32.2. The average molecular weight is 342 g/mol. The lowest BCUT2D eigenvalue weighted by atomic mass is 9.88. The predicted molar refractivity (Wildman–Crippen MR) is 85.1 cm³/mol. The number of carbonyl (C=O) groups excluding carboxylic acids is 1. The van der Waals surface area contributed by atoms with Crippen molar-refractivity contribution in [1.29, 1.82) is 0 Å². The van der Waals surface area contributed by atoms with Crippen LogP contribution in [0, 0.1) is 0 Å². The number of piperidine rings is 1. The molecule has 1 atom stereocenters. The number of benzene rings is 1. The molecule has 128 valence electrons. The third-order valence-corrected chi connectivity index (χ3v) is 5.38. The van der Waals surface area contributed by atoms with Crippen LogP contribution >= 0.6 is 0 Å². The van der Waals surface area contributed by atoms with Gasteiger partial charge in [-0.1, -0.05) is 0 Å². The van der Waals surface area contributed by atoms with Crippen molar-refractivity contribution in [2.24, 2.45) is 0 Å². The van der Waals surface area contributed by atoms with Gasteiger partial charge >= 0.3 is 0 Å². The van der Waals surface area contributed by atoms with Gasteiger partial charge in [-0.05, 0) is 20.3 Å². The Bertz CT molecular complexity index is 678. The second-order valence-corrected chi connectivity index (χ2v) is 7.74. The van der Waals surface area contributed by atoms with Crippen LogP contribution in [0.5, 0.6) is 11.5 Å². The van der Waals surface area contributed by atoms with Crippen LogP contribution in [0.4, 0.5) is 0 Å². The molecular weight excluding hydrogens is 320 g/mol. The summed E-state index contributed by atoms with van der Waals surface area (Å²) in [6.07, 6.45) is 0.733. The number of amides is 1. The van der Waals surface area contributed by atoms with Gasteiger partial charge in [-0.3, -0.25) is 4.79 Å².